The van der Waals surface area contributed by atoms with E-state index in [4.69, 9.17) is 9.47 Å². The number of hydrogen-bond acceptors (Lipinski definition) is 3. The Bertz CT molecular complexity index is 998. The van der Waals surface area contributed by atoms with E-state index in [0.29, 0.717) is 5.75 Å². The second kappa shape index (κ2) is 7.21. The fourth-order valence-corrected chi connectivity index (χ4v) is 5.00. The van der Waals surface area contributed by atoms with Crippen LogP contribution in [-0.4, -0.2) is 16.3 Å². The molecule has 0 bridgehead atoms. The molecule has 2 heterocycles. The molecular formula is C27H36O3. The van der Waals surface area contributed by atoms with Gasteiger partial charge in [0, 0.05) is 11.1 Å². The third-order valence-electron chi connectivity index (χ3n) is 7.14. The Morgan fingerprint density at radius 3 is 2.13 bits per heavy atom. The van der Waals surface area contributed by atoms with E-state index >= 15 is 0 Å². The second-order valence-corrected chi connectivity index (χ2v) is 10.4. The van der Waals surface area contributed by atoms with Gasteiger partial charge in [0.25, 0.3) is 0 Å². The summed E-state index contributed by atoms with van der Waals surface area (Å²) < 4.78 is 12.7. The van der Waals surface area contributed by atoms with E-state index < -0.39 is 0 Å². The van der Waals surface area contributed by atoms with Crippen molar-refractivity contribution in [1.29, 1.82) is 0 Å². The molecule has 2 aromatic rings. The number of rotatable bonds is 3. The summed E-state index contributed by atoms with van der Waals surface area (Å²) in [6, 6.07) is 4.47. The summed E-state index contributed by atoms with van der Waals surface area (Å²) in [7, 11) is 0. The number of phenols is 1. The topological polar surface area (TPSA) is 38.7 Å². The minimum atomic E-state index is -0.155. The van der Waals surface area contributed by atoms with Gasteiger partial charge in [0.1, 0.15) is 28.5 Å². The predicted octanol–water partition coefficient (Wildman–Crippen LogP) is 6.31. The largest absolute Gasteiger partial charge is 0.507 e. The summed E-state index contributed by atoms with van der Waals surface area (Å²) >= 11 is 0. The number of ether oxygens (including phenoxy) is 2. The molecule has 0 amide bonds. The standard InChI is InChI=1S/C27H36O3/c1-16-19(8-9-20-12-14-26(4,5)29-24(16)20)10-11-21-18(3)25-22(17(2)23(21)28)13-15-27(6,7)30-25/h8-9,28H,10-15H2,1-7H3. The molecule has 0 aromatic heterocycles. The lowest BCUT2D eigenvalue weighted by Crippen LogP contribution is -2.33. The van der Waals surface area contributed by atoms with Gasteiger partial charge in [-0.25, -0.2) is 0 Å². The average molecular weight is 409 g/mol. The van der Waals surface area contributed by atoms with Crippen LogP contribution < -0.4 is 9.47 Å². The smallest absolute Gasteiger partial charge is 0.127 e. The van der Waals surface area contributed by atoms with Crippen LogP contribution in [0.2, 0.25) is 0 Å². The first-order valence-corrected chi connectivity index (χ1v) is 11.3. The first-order valence-electron chi connectivity index (χ1n) is 11.3. The Kier molecular flexibility index (Phi) is 5.07. The highest BCUT2D eigenvalue weighted by Crippen LogP contribution is 2.44. The van der Waals surface area contributed by atoms with Crippen LogP contribution in [0, 0.1) is 20.8 Å². The molecule has 1 N–H and O–H groups in total. The number of benzene rings is 2. The molecule has 0 radical (unpaired) electrons. The number of hydrogen-bond donors (Lipinski definition) is 1. The predicted molar refractivity (Wildman–Crippen MR) is 122 cm³/mol. The summed E-state index contributed by atoms with van der Waals surface area (Å²) in [6.45, 7) is 14.9. The van der Waals surface area contributed by atoms with Crippen molar-refractivity contribution < 1.29 is 14.6 Å². The monoisotopic (exact) mass is 408 g/mol. The molecule has 3 heteroatoms. The number of aryl methyl sites for hydroxylation is 2. The highest BCUT2D eigenvalue weighted by Gasteiger charge is 2.32. The highest BCUT2D eigenvalue weighted by molar-refractivity contribution is 5.59. The molecule has 0 aliphatic carbocycles. The van der Waals surface area contributed by atoms with E-state index in [-0.39, 0.29) is 11.2 Å². The lowest BCUT2D eigenvalue weighted by Gasteiger charge is -2.35. The molecule has 2 aliphatic heterocycles. The van der Waals surface area contributed by atoms with Crippen LogP contribution in [0.1, 0.15) is 79.5 Å². The Morgan fingerprint density at radius 1 is 0.800 bits per heavy atom. The van der Waals surface area contributed by atoms with Crippen LogP contribution in [0.5, 0.6) is 17.2 Å². The molecule has 162 valence electrons. The average Bonchev–Trinajstić information content (AvgIpc) is 2.67. The van der Waals surface area contributed by atoms with Crippen molar-refractivity contribution in [2.24, 2.45) is 0 Å². The maximum atomic E-state index is 11.0. The molecule has 4 rings (SSSR count). The van der Waals surface area contributed by atoms with Gasteiger partial charge in [-0.05, 0) is 115 Å². The van der Waals surface area contributed by atoms with E-state index in [1.54, 1.807) is 0 Å². The van der Waals surface area contributed by atoms with Crippen LogP contribution in [0.15, 0.2) is 12.1 Å². The Hall–Kier alpha value is -2.16. The van der Waals surface area contributed by atoms with Gasteiger partial charge in [-0.2, -0.15) is 0 Å². The normalized spacial score (nSPS) is 18.8. The molecule has 0 saturated carbocycles. The van der Waals surface area contributed by atoms with Crippen molar-refractivity contribution in [3.8, 4) is 17.2 Å². The number of phenolic OH excluding ortho intramolecular Hbond substituents is 1. The van der Waals surface area contributed by atoms with Gasteiger partial charge >= 0.3 is 0 Å². The van der Waals surface area contributed by atoms with Gasteiger partial charge in [-0.15, -0.1) is 0 Å². The van der Waals surface area contributed by atoms with Gasteiger partial charge < -0.3 is 14.6 Å². The van der Waals surface area contributed by atoms with E-state index in [1.807, 2.05) is 6.92 Å². The molecule has 0 unspecified atom stereocenters. The summed E-state index contributed by atoms with van der Waals surface area (Å²) in [4.78, 5) is 0. The van der Waals surface area contributed by atoms with Crippen LogP contribution in [0.4, 0.5) is 0 Å². The minimum absolute atomic E-state index is 0.106. The lowest BCUT2D eigenvalue weighted by molar-refractivity contribution is 0.0828. The summed E-state index contributed by atoms with van der Waals surface area (Å²) in [5, 5.41) is 11.0. The summed E-state index contributed by atoms with van der Waals surface area (Å²) in [5.74, 6) is 2.50. The van der Waals surface area contributed by atoms with Gasteiger partial charge in [-0.3, -0.25) is 0 Å². The number of fused-ring (bicyclic) bond motifs is 2. The molecule has 2 aromatic carbocycles. The Labute approximate surface area is 181 Å². The van der Waals surface area contributed by atoms with Crippen LogP contribution in [0.3, 0.4) is 0 Å². The third kappa shape index (κ3) is 3.68. The maximum absolute atomic E-state index is 11.0. The lowest BCUT2D eigenvalue weighted by atomic mass is 9.86. The Morgan fingerprint density at radius 2 is 1.43 bits per heavy atom. The molecule has 0 saturated heterocycles. The molecular weight excluding hydrogens is 372 g/mol. The van der Waals surface area contributed by atoms with E-state index in [2.05, 4.69) is 53.7 Å². The van der Waals surface area contributed by atoms with Crippen LogP contribution in [0.25, 0.3) is 0 Å². The minimum Gasteiger partial charge on any atom is -0.507 e. The molecule has 30 heavy (non-hydrogen) atoms. The van der Waals surface area contributed by atoms with Crippen molar-refractivity contribution in [3.05, 3.63) is 51.1 Å². The Balaban J connectivity index is 1.65. The molecule has 0 atom stereocenters. The van der Waals surface area contributed by atoms with Crippen molar-refractivity contribution in [3.63, 3.8) is 0 Å². The quantitative estimate of drug-likeness (QED) is 0.647. The fraction of sp³-hybridized carbons (Fsp3) is 0.556. The first-order chi connectivity index (χ1) is 14.0. The van der Waals surface area contributed by atoms with Gasteiger partial charge in [0.05, 0.1) is 0 Å². The molecule has 0 fully saturated rings. The molecule has 2 aliphatic rings. The van der Waals surface area contributed by atoms with Crippen LogP contribution >= 0.6 is 0 Å². The maximum Gasteiger partial charge on any atom is 0.127 e. The fourth-order valence-electron chi connectivity index (χ4n) is 5.00. The third-order valence-corrected chi connectivity index (χ3v) is 7.14. The summed E-state index contributed by atoms with van der Waals surface area (Å²) in [5.41, 5.74) is 7.85. The second-order valence-electron chi connectivity index (χ2n) is 10.4. The van der Waals surface area contributed by atoms with E-state index in [0.717, 1.165) is 66.7 Å². The summed E-state index contributed by atoms with van der Waals surface area (Å²) in [6.07, 6.45) is 5.72. The number of aromatic hydroxyl groups is 1. The molecule has 0 spiro atoms. The highest BCUT2D eigenvalue weighted by atomic mass is 16.5. The van der Waals surface area contributed by atoms with Crippen molar-refractivity contribution >= 4 is 0 Å². The van der Waals surface area contributed by atoms with Gasteiger partial charge in [0.2, 0.25) is 0 Å². The zero-order chi connectivity index (χ0) is 21.8. The zero-order valence-electron chi connectivity index (χ0n) is 19.7. The van der Waals surface area contributed by atoms with Crippen LogP contribution in [-0.2, 0) is 25.7 Å². The zero-order valence-corrected chi connectivity index (χ0v) is 19.7. The van der Waals surface area contributed by atoms with E-state index in [9.17, 15) is 5.11 Å². The molecule has 3 nitrogen and oxygen atoms in total. The van der Waals surface area contributed by atoms with Gasteiger partial charge in [-0.1, -0.05) is 12.1 Å². The van der Waals surface area contributed by atoms with E-state index in [1.165, 1.54) is 22.3 Å². The van der Waals surface area contributed by atoms with Gasteiger partial charge in [0.15, 0.2) is 0 Å². The SMILES string of the molecule is Cc1c(O)c(CCc2ccc3c(c2C)OC(C)(C)CC3)c(C)c2c1CCC(C)(C)O2. The van der Waals surface area contributed by atoms with Crippen molar-refractivity contribution in [2.45, 2.75) is 98.2 Å². The first kappa shape index (κ1) is 21.1. The van der Waals surface area contributed by atoms with Crippen molar-refractivity contribution in [1.82, 2.24) is 0 Å². The van der Waals surface area contributed by atoms with Crippen molar-refractivity contribution in [2.75, 3.05) is 0 Å².